The fourth-order valence-electron chi connectivity index (χ4n) is 4.48. The standard InChI is InChI=1S/C29H32FN3O2.2C2HF3O2/c1-3-28(34)24-8-5-9-25(16-24)29(35)32-17-21-10-11-27(30)26(15-21)23-7-4-6-22(14-23)19-33-13-12-31-20(2)18-33;2*3-2(4,5)1(6)7/h4-11,14-16,20,31H,3,12-13,17-19H2,1-2H3,(H,32,35);2*(H,6,7)/t20-;;/m0../s1. The van der Waals surface area contributed by atoms with Crippen molar-refractivity contribution in [1.82, 2.24) is 15.5 Å². The van der Waals surface area contributed by atoms with E-state index in [-0.39, 0.29) is 24.1 Å². The summed E-state index contributed by atoms with van der Waals surface area (Å²) in [4.78, 5) is 44.8. The molecule has 0 saturated carbocycles. The lowest BCUT2D eigenvalue weighted by molar-refractivity contribution is -0.193. The van der Waals surface area contributed by atoms with E-state index in [2.05, 4.69) is 28.5 Å². The number of nitrogens with one attached hydrogen (secondary N) is 2. The second-order valence-corrected chi connectivity index (χ2v) is 10.8. The van der Waals surface area contributed by atoms with Crippen LogP contribution >= 0.6 is 0 Å². The van der Waals surface area contributed by atoms with Crippen molar-refractivity contribution in [2.75, 3.05) is 19.6 Å². The first kappa shape index (κ1) is 40.3. The SMILES string of the molecule is CCC(=O)c1cccc(C(=O)NCc2ccc(F)c(-c3cccc(CN4CCN[C@@H](C)C4)c3)c2)c1.O=C(O)C(F)(F)F.O=C(O)C(F)(F)F. The summed E-state index contributed by atoms with van der Waals surface area (Å²) >= 11 is 0. The van der Waals surface area contributed by atoms with E-state index in [0.717, 1.165) is 42.9 Å². The summed E-state index contributed by atoms with van der Waals surface area (Å²) in [6, 6.07) is 20.1. The first-order valence-corrected chi connectivity index (χ1v) is 14.7. The Morgan fingerprint density at radius 2 is 1.45 bits per heavy atom. The van der Waals surface area contributed by atoms with Gasteiger partial charge in [0.15, 0.2) is 5.78 Å². The van der Waals surface area contributed by atoms with Crippen LogP contribution in [-0.2, 0) is 22.7 Å². The van der Waals surface area contributed by atoms with E-state index in [4.69, 9.17) is 19.8 Å². The molecule has 0 bridgehead atoms. The van der Waals surface area contributed by atoms with Gasteiger partial charge < -0.3 is 20.8 Å². The van der Waals surface area contributed by atoms with Crippen molar-refractivity contribution in [2.24, 2.45) is 0 Å². The third-order valence-electron chi connectivity index (χ3n) is 6.83. The van der Waals surface area contributed by atoms with Gasteiger partial charge in [-0.05, 0) is 53.9 Å². The average molecular weight is 702 g/mol. The van der Waals surface area contributed by atoms with E-state index in [1.165, 1.54) is 6.07 Å². The molecule has 16 heteroatoms. The summed E-state index contributed by atoms with van der Waals surface area (Å²) in [5.74, 6) is -6.08. The zero-order valence-electron chi connectivity index (χ0n) is 26.3. The molecule has 3 aromatic rings. The van der Waals surface area contributed by atoms with E-state index in [9.17, 15) is 40.3 Å². The van der Waals surface area contributed by atoms with Crippen LogP contribution in [0, 0.1) is 5.82 Å². The highest BCUT2D eigenvalue weighted by Gasteiger charge is 2.38. The topological polar surface area (TPSA) is 136 Å². The van der Waals surface area contributed by atoms with E-state index >= 15 is 0 Å². The van der Waals surface area contributed by atoms with Crippen molar-refractivity contribution in [3.05, 3.63) is 94.8 Å². The third-order valence-corrected chi connectivity index (χ3v) is 6.83. The predicted molar refractivity (Wildman–Crippen MR) is 164 cm³/mol. The fraction of sp³-hybridized carbons (Fsp3) is 0.333. The van der Waals surface area contributed by atoms with Gasteiger partial charge in [-0.2, -0.15) is 26.3 Å². The molecule has 3 aromatic carbocycles. The van der Waals surface area contributed by atoms with Gasteiger partial charge in [0.1, 0.15) is 5.82 Å². The van der Waals surface area contributed by atoms with Gasteiger partial charge in [0.05, 0.1) is 0 Å². The van der Waals surface area contributed by atoms with E-state index in [1.807, 2.05) is 18.2 Å². The van der Waals surface area contributed by atoms with E-state index < -0.39 is 24.3 Å². The van der Waals surface area contributed by atoms with Gasteiger partial charge in [-0.3, -0.25) is 14.5 Å². The molecule has 1 aliphatic rings. The van der Waals surface area contributed by atoms with Gasteiger partial charge >= 0.3 is 24.3 Å². The minimum absolute atomic E-state index is 0.00322. The number of benzene rings is 3. The number of carboxylic acids is 2. The Kier molecular flexibility index (Phi) is 14.9. The molecule has 0 spiro atoms. The number of alkyl halides is 6. The molecule has 266 valence electrons. The van der Waals surface area contributed by atoms with E-state index in [0.29, 0.717) is 29.2 Å². The third kappa shape index (κ3) is 13.7. The number of carbonyl (C=O) groups is 4. The Balaban J connectivity index is 0.000000500. The molecule has 1 fully saturated rings. The molecule has 49 heavy (non-hydrogen) atoms. The number of carboxylic acid groups (broad SMARTS) is 2. The van der Waals surface area contributed by atoms with Crippen molar-refractivity contribution >= 4 is 23.6 Å². The maximum absolute atomic E-state index is 14.8. The Morgan fingerprint density at radius 1 is 0.857 bits per heavy atom. The van der Waals surface area contributed by atoms with Crippen molar-refractivity contribution in [1.29, 1.82) is 0 Å². The van der Waals surface area contributed by atoms with Gasteiger partial charge in [-0.15, -0.1) is 0 Å². The molecule has 1 amide bonds. The van der Waals surface area contributed by atoms with Crippen LogP contribution in [0.5, 0.6) is 0 Å². The highest BCUT2D eigenvalue weighted by Crippen LogP contribution is 2.26. The number of amides is 1. The van der Waals surface area contributed by atoms with Crippen LogP contribution in [0.3, 0.4) is 0 Å². The Hall–Kier alpha value is -4.83. The molecule has 1 heterocycles. The molecule has 4 rings (SSSR count). The molecule has 0 aromatic heterocycles. The number of Topliss-reactive ketones (excluding diaryl/α,β-unsaturated/α-hetero) is 1. The Bertz CT molecular complexity index is 1590. The predicted octanol–water partition coefficient (Wildman–Crippen LogP) is 6.08. The van der Waals surface area contributed by atoms with Gasteiger partial charge in [0.25, 0.3) is 5.91 Å². The highest BCUT2D eigenvalue weighted by atomic mass is 19.4. The van der Waals surface area contributed by atoms with Gasteiger partial charge in [-0.1, -0.05) is 43.3 Å². The number of aliphatic carboxylic acids is 2. The van der Waals surface area contributed by atoms with Crippen LogP contribution in [0.25, 0.3) is 11.1 Å². The summed E-state index contributed by atoms with van der Waals surface area (Å²) in [6.45, 7) is 8.03. The van der Waals surface area contributed by atoms with Crippen molar-refractivity contribution in [3.63, 3.8) is 0 Å². The van der Waals surface area contributed by atoms with Gasteiger partial charge in [-0.25, -0.2) is 14.0 Å². The van der Waals surface area contributed by atoms with Crippen LogP contribution in [0.2, 0.25) is 0 Å². The molecular formula is C33H34F7N3O6. The summed E-state index contributed by atoms with van der Waals surface area (Å²) < 4.78 is 78.2. The van der Waals surface area contributed by atoms with Crippen molar-refractivity contribution in [3.8, 4) is 11.1 Å². The number of hydrogen-bond acceptors (Lipinski definition) is 6. The molecule has 1 aliphatic heterocycles. The zero-order chi connectivity index (χ0) is 36.9. The number of carbonyl (C=O) groups excluding carboxylic acids is 2. The van der Waals surface area contributed by atoms with E-state index in [1.54, 1.807) is 43.3 Å². The Morgan fingerprint density at radius 3 is 2.02 bits per heavy atom. The number of ketones is 1. The minimum Gasteiger partial charge on any atom is -0.475 e. The summed E-state index contributed by atoms with van der Waals surface area (Å²) in [5, 5.41) is 20.6. The van der Waals surface area contributed by atoms with Crippen LogP contribution in [0.1, 0.15) is 52.1 Å². The van der Waals surface area contributed by atoms with Gasteiger partial charge in [0.2, 0.25) is 0 Å². The quantitative estimate of drug-likeness (QED) is 0.164. The molecule has 0 unspecified atom stereocenters. The maximum Gasteiger partial charge on any atom is 0.490 e. The molecular weight excluding hydrogens is 667 g/mol. The highest BCUT2D eigenvalue weighted by molar-refractivity contribution is 6.00. The maximum atomic E-state index is 14.8. The smallest absolute Gasteiger partial charge is 0.475 e. The largest absolute Gasteiger partial charge is 0.490 e. The van der Waals surface area contributed by atoms with Crippen LogP contribution < -0.4 is 10.6 Å². The lowest BCUT2D eigenvalue weighted by Crippen LogP contribution is -2.48. The van der Waals surface area contributed by atoms with Crippen molar-refractivity contribution < 1.29 is 60.1 Å². The number of nitrogens with zero attached hydrogens (tertiary/aromatic N) is 1. The number of halogens is 7. The second kappa shape index (κ2) is 18.1. The second-order valence-electron chi connectivity index (χ2n) is 10.8. The normalized spacial score (nSPS) is 14.8. The van der Waals surface area contributed by atoms with Crippen LogP contribution in [-0.4, -0.2) is 76.8 Å². The lowest BCUT2D eigenvalue weighted by atomic mass is 10.00. The number of rotatable bonds is 8. The zero-order valence-corrected chi connectivity index (χ0v) is 26.3. The average Bonchev–Trinajstić information content (AvgIpc) is 3.03. The molecule has 0 radical (unpaired) electrons. The first-order valence-electron chi connectivity index (χ1n) is 14.7. The summed E-state index contributed by atoms with van der Waals surface area (Å²) in [6.07, 6.45) is -9.78. The lowest BCUT2D eigenvalue weighted by Gasteiger charge is -2.31. The number of hydrogen-bond donors (Lipinski definition) is 4. The van der Waals surface area contributed by atoms with Gasteiger partial charge in [0, 0.05) is 61.9 Å². The van der Waals surface area contributed by atoms with Crippen molar-refractivity contribution in [2.45, 2.75) is 51.8 Å². The Labute approximate surface area is 276 Å². The molecule has 9 nitrogen and oxygen atoms in total. The van der Waals surface area contributed by atoms with Crippen LogP contribution in [0.15, 0.2) is 66.7 Å². The molecule has 4 N–H and O–H groups in total. The summed E-state index contributed by atoms with van der Waals surface area (Å²) in [5.41, 5.74) is 4.25. The summed E-state index contributed by atoms with van der Waals surface area (Å²) in [7, 11) is 0. The fourth-order valence-corrected chi connectivity index (χ4v) is 4.48. The monoisotopic (exact) mass is 701 g/mol. The van der Waals surface area contributed by atoms with Crippen LogP contribution in [0.4, 0.5) is 30.7 Å². The molecule has 1 saturated heterocycles. The number of piperazine rings is 1. The molecule has 1 atom stereocenters. The minimum atomic E-state index is -5.08. The molecule has 0 aliphatic carbocycles. The first-order chi connectivity index (χ1) is 22.8.